The Kier molecular flexibility index (Phi) is 5.53. The summed E-state index contributed by atoms with van der Waals surface area (Å²) in [5, 5.41) is 3.01. The van der Waals surface area contributed by atoms with Crippen LogP contribution >= 0.6 is 0 Å². The number of nitrogens with two attached hydrogens (primary N) is 1. The van der Waals surface area contributed by atoms with E-state index in [-0.39, 0.29) is 17.5 Å². The normalized spacial score (nSPS) is 24.5. The molecule has 0 radical (unpaired) electrons. The van der Waals surface area contributed by atoms with Gasteiger partial charge < -0.3 is 15.8 Å². The van der Waals surface area contributed by atoms with Crippen LogP contribution in [0.3, 0.4) is 0 Å². The van der Waals surface area contributed by atoms with E-state index in [1.807, 2.05) is 0 Å². The first-order valence-corrected chi connectivity index (χ1v) is 7.82. The third kappa shape index (κ3) is 3.47. The molecule has 1 aliphatic rings. The molecule has 0 saturated heterocycles. The Morgan fingerprint density at radius 2 is 2.00 bits per heavy atom. The minimum atomic E-state index is -1.32. The van der Waals surface area contributed by atoms with Crippen molar-refractivity contribution in [1.82, 2.24) is 5.32 Å². The fraction of sp³-hybridized carbons (Fsp3) is 0.588. The highest BCUT2D eigenvalue weighted by molar-refractivity contribution is 5.86. The van der Waals surface area contributed by atoms with Crippen molar-refractivity contribution >= 4 is 5.91 Å². The highest BCUT2D eigenvalue weighted by Gasteiger charge is 2.38. The number of methoxy groups -OCH3 is 1. The molecule has 0 heterocycles. The zero-order valence-electron chi connectivity index (χ0n) is 13.3. The van der Waals surface area contributed by atoms with Crippen LogP contribution in [0, 0.1) is 11.7 Å². The standard InChI is InChI=1S/C17H25FN2O2/c1-17(22-2,14-5-3-4-6-15(14)18)16(21)20-13-9-7-12(11-19)8-10-13/h3-6,12-13H,7-11,19H2,1-2H3,(H,20,21)/t12?,13?,17-/m1/s1. The lowest BCUT2D eigenvalue weighted by Crippen LogP contribution is -2.49. The van der Waals surface area contributed by atoms with Crippen LogP contribution in [0.4, 0.5) is 4.39 Å². The van der Waals surface area contributed by atoms with Crippen molar-refractivity contribution in [2.24, 2.45) is 11.7 Å². The van der Waals surface area contributed by atoms with Gasteiger partial charge in [0.25, 0.3) is 5.91 Å². The van der Waals surface area contributed by atoms with Crippen LogP contribution in [0.5, 0.6) is 0 Å². The molecule has 122 valence electrons. The van der Waals surface area contributed by atoms with Crippen LogP contribution in [0.15, 0.2) is 24.3 Å². The van der Waals surface area contributed by atoms with Gasteiger partial charge in [0, 0.05) is 18.7 Å². The average Bonchev–Trinajstić information content (AvgIpc) is 2.55. The van der Waals surface area contributed by atoms with E-state index < -0.39 is 11.4 Å². The van der Waals surface area contributed by atoms with Gasteiger partial charge >= 0.3 is 0 Å². The molecule has 5 heteroatoms. The number of carbonyl (C=O) groups excluding carboxylic acids is 1. The molecule has 0 aliphatic heterocycles. The monoisotopic (exact) mass is 308 g/mol. The maximum atomic E-state index is 14.0. The largest absolute Gasteiger partial charge is 0.364 e. The van der Waals surface area contributed by atoms with E-state index in [1.165, 1.54) is 13.2 Å². The van der Waals surface area contributed by atoms with Crippen LogP contribution in [0.2, 0.25) is 0 Å². The number of hydrogen-bond donors (Lipinski definition) is 2. The number of amides is 1. The van der Waals surface area contributed by atoms with E-state index in [9.17, 15) is 9.18 Å². The van der Waals surface area contributed by atoms with Crippen molar-refractivity contribution in [2.45, 2.75) is 44.2 Å². The minimum absolute atomic E-state index is 0.108. The Balaban J connectivity index is 2.08. The van der Waals surface area contributed by atoms with Gasteiger partial charge in [-0.3, -0.25) is 4.79 Å². The maximum Gasteiger partial charge on any atom is 0.256 e. The van der Waals surface area contributed by atoms with Gasteiger partial charge in [-0.25, -0.2) is 4.39 Å². The highest BCUT2D eigenvalue weighted by atomic mass is 19.1. The van der Waals surface area contributed by atoms with E-state index in [1.54, 1.807) is 25.1 Å². The SMILES string of the molecule is CO[C@@](C)(C(=O)NC1CCC(CN)CC1)c1ccccc1F. The molecule has 3 N–H and O–H groups in total. The number of carbonyl (C=O) groups is 1. The lowest BCUT2D eigenvalue weighted by molar-refractivity contribution is -0.144. The van der Waals surface area contributed by atoms with Gasteiger partial charge in [-0.15, -0.1) is 0 Å². The van der Waals surface area contributed by atoms with Gasteiger partial charge in [0.05, 0.1) is 0 Å². The Morgan fingerprint density at radius 3 is 2.55 bits per heavy atom. The number of benzene rings is 1. The summed E-state index contributed by atoms with van der Waals surface area (Å²) < 4.78 is 19.4. The Bertz CT molecular complexity index is 515. The molecule has 2 rings (SSSR count). The summed E-state index contributed by atoms with van der Waals surface area (Å²) in [6.45, 7) is 2.30. The lowest BCUT2D eigenvalue weighted by Gasteiger charge is -2.33. The van der Waals surface area contributed by atoms with Gasteiger partial charge in [0.2, 0.25) is 0 Å². The first kappa shape index (κ1) is 16.9. The second-order valence-corrected chi connectivity index (χ2v) is 6.14. The Hall–Kier alpha value is -1.46. The van der Waals surface area contributed by atoms with E-state index in [0.29, 0.717) is 12.5 Å². The molecule has 1 aromatic carbocycles. The lowest BCUT2D eigenvalue weighted by atomic mass is 9.85. The molecule has 0 unspecified atom stereocenters. The Morgan fingerprint density at radius 1 is 1.36 bits per heavy atom. The molecule has 1 fully saturated rings. The second kappa shape index (κ2) is 7.20. The number of rotatable bonds is 5. The van der Waals surface area contributed by atoms with Crippen molar-refractivity contribution < 1.29 is 13.9 Å². The fourth-order valence-corrected chi connectivity index (χ4v) is 3.04. The molecule has 22 heavy (non-hydrogen) atoms. The molecule has 0 aromatic heterocycles. The van der Waals surface area contributed by atoms with Crippen molar-refractivity contribution in [3.63, 3.8) is 0 Å². The first-order chi connectivity index (χ1) is 10.5. The summed E-state index contributed by atoms with van der Waals surface area (Å²) in [5.41, 5.74) is 4.62. The summed E-state index contributed by atoms with van der Waals surface area (Å²) in [5.74, 6) is -0.182. The topological polar surface area (TPSA) is 64.3 Å². The van der Waals surface area contributed by atoms with Gasteiger partial charge in [0.15, 0.2) is 5.60 Å². The summed E-state index contributed by atoms with van der Waals surface area (Å²) in [7, 11) is 1.43. The zero-order chi connectivity index (χ0) is 16.2. The molecule has 0 bridgehead atoms. The second-order valence-electron chi connectivity index (χ2n) is 6.14. The molecule has 4 nitrogen and oxygen atoms in total. The third-order valence-electron chi connectivity index (χ3n) is 4.74. The van der Waals surface area contributed by atoms with Crippen molar-refractivity contribution in [1.29, 1.82) is 0 Å². The van der Waals surface area contributed by atoms with Gasteiger partial charge in [0.1, 0.15) is 5.82 Å². The fourth-order valence-electron chi connectivity index (χ4n) is 3.04. The van der Waals surface area contributed by atoms with Crippen molar-refractivity contribution in [3.05, 3.63) is 35.6 Å². The van der Waals surface area contributed by atoms with Crippen LogP contribution in [-0.4, -0.2) is 25.6 Å². The van der Waals surface area contributed by atoms with Crippen LogP contribution in [-0.2, 0) is 15.1 Å². The maximum absolute atomic E-state index is 14.0. The number of nitrogens with one attached hydrogen (secondary N) is 1. The van der Waals surface area contributed by atoms with Gasteiger partial charge in [-0.2, -0.15) is 0 Å². The van der Waals surface area contributed by atoms with Gasteiger partial charge in [-0.05, 0) is 51.1 Å². The smallest absolute Gasteiger partial charge is 0.256 e. The first-order valence-electron chi connectivity index (χ1n) is 7.82. The van der Waals surface area contributed by atoms with E-state index >= 15 is 0 Å². The van der Waals surface area contributed by atoms with Crippen molar-refractivity contribution in [2.75, 3.05) is 13.7 Å². The van der Waals surface area contributed by atoms with E-state index in [0.717, 1.165) is 25.7 Å². The minimum Gasteiger partial charge on any atom is -0.364 e. The summed E-state index contributed by atoms with van der Waals surface area (Å²) in [4.78, 5) is 12.6. The van der Waals surface area contributed by atoms with Crippen molar-refractivity contribution in [3.8, 4) is 0 Å². The molecule has 0 spiro atoms. The van der Waals surface area contributed by atoms with Crippen LogP contribution < -0.4 is 11.1 Å². The summed E-state index contributed by atoms with van der Waals surface area (Å²) in [6, 6.07) is 6.34. The number of ether oxygens (including phenoxy) is 1. The van der Waals surface area contributed by atoms with Crippen LogP contribution in [0.1, 0.15) is 38.2 Å². The summed E-state index contributed by atoms with van der Waals surface area (Å²) >= 11 is 0. The highest BCUT2D eigenvalue weighted by Crippen LogP contribution is 2.29. The average molecular weight is 308 g/mol. The molecular weight excluding hydrogens is 283 g/mol. The Labute approximate surface area is 131 Å². The third-order valence-corrected chi connectivity index (χ3v) is 4.74. The molecule has 1 atom stereocenters. The molecular formula is C17H25FN2O2. The quantitative estimate of drug-likeness (QED) is 0.877. The number of halogens is 1. The molecule has 1 aliphatic carbocycles. The van der Waals surface area contributed by atoms with Gasteiger partial charge in [-0.1, -0.05) is 18.2 Å². The molecule has 1 aromatic rings. The zero-order valence-corrected chi connectivity index (χ0v) is 13.3. The van der Waals surface area contributed by atoms with Crippen LogP contribution in [0.25, 0.3) is 0 Å². The number of hydrogen-bond acceptors (Lipinski definition) is 3. The molecule has 1 amide bonds. The van der Waals surface area contributed by atoms with E-state index in [4.69, 9.17) is 10.5 Å². The summed E-state index contributed by atoms with van der Waals surface area (Å²) in [6.07, 6.45) is 3.85. The molecule has 1 saturated carbocycles. The predicted molar refractivity (Wildman–Crippen MR) is 83.7 cm³/mol. The predicted octanol–water partition coefficient (Wildman–Crippen LogP) is 2.32. The van der Waals surface area contributed by atoms with E-state index in [2.05, 4.69) is 5.32 Å².